The van der Waals surface area contributed by atoms with Gasteiger partial charge in [0.2, 0.25) is 0 Å². The van der Waals surface area contributed by atoms with E-state index in [-0.39, 0.29) is 0 Å². The van der Waals surface area contributed by atoms with E-state index in [1.54, 1.807) is 12.2 Å². The molecule has 0 spiro atoms. The Morgan fingerprint density at radius 3 is 2.21 bits per heavy atom. The molecular formula is C17H25NO. The van der Waals surface area contributed by atoms with Crippen molar-refractivity contribution in [3.63, 3.8) is 0 Å². The maximum Gasteiger partial charge on any atom is 0.151 e. The fourth-order valence-corrected chi connectivity index (χ4v) is 1.37. The van der Waals surface area contributed by atoms with Crippen molar-refractivity contribution in [3.05, 3.63) is 60.9 Å². The molecule has 0 aliphatic rings. The summed E-state index contributed by atoms with van der Waals surface area (Å²) >= 11 is 0. The first-order valence-electron chi connectivity index (χ1n) is 6.47. The van der Waals surface area contributed by atoms with Crippen molar-refractivity contribution in [3.8, 4) is 0 Å². The normalized spacial score (nSPS) is 12.7. The maximum atomic E-state index is 10.9. The molecule has 2 heteroatoms. The van der Waals surface area contributed by atoms with Gasteiger partial charge in [-0.2, -0.15) is 0 Å². The lowest BCUT2D eigenvalue weighted by Crippen LogP contribution is -2.05. The Hall–Kier alpha value is -1.96. The van der Waals surface area contributed by atoms with Crippen LogP contribution >= 0.6 is 0 Å². The quantitative estimate of drug-likeness (QED) is 0.279. The minimum Gasteiger partial charge on any atom is -0.298 e. The number of aliphatic imine (C=N–C) groups is 1. The number of rotatable bonds is 7. The number of carbonyl (C=O) groups is 1. The average Bonchev–Trinajstić information content (AvgIpc) is 2.43. The molecule has 0 rings (SSSR count). The van der Waals surface area contributed by atoms with Crippen LogP contribution in [0.25, 0.3) is 0 Å². The maximum absolute atomic E-state index is 10.9. The van der Waals surface area contributed by atoms with Gasteiger partial charge in [0, 0.05) is 18.2 Å². The van der Waals surface area contributed by atoms with Gasteiger partial charge in [0.1, 0.15) is 0 Å². The molecule has 104 valence electrons. The van der Waals surface area contributed by atoms with Crippen molar-refractivity contribution in [2.45, 2.75) is 34.1 Å². The number of hydrogen-bond donors (Lipinski definition) is 0. The van der Waals surface area contributed by atoms with Crippen LogP contribution in [0.1, 0.15) is 34.1 Å². The van der Waals surface area contributed by atoms with Crippen LogP contribution in [0, 0.1) is 0 Å². The molecule has 0 N–H and O–H groups in total. The second-order valence-corrected chi connectivity index (χ2v) is 3.27. The minimum atomic E-state index is 0.584. The largest absolute Gasteiger partial charge is 0.298 e. The number of nitrogens with zero attached hydrogens (tertiary/aromatic N) is 1. The Morgan fingerprint density at radius 1 is 1.21 bits per heavy atom. The standard InChI is InChI=1S/C15H19NO.C2H6/c1-5-9-13(10-6-2)11-15(16-8-4)14(7-3)12-17;1-2/h5-10,12H,1,4,11H2,2-3H3;1-2H3/b10-6-,13-9+,14-7-,16-15?;. The zero-order valence-electron chi connectivity index (χ0n) is 12.5. The highest BCUT2D eigenvalue weighted by Crippen LogP contribution is 2.11. The Bertz CT molecular complexity index is 395. The van der Waals surface area contributed by atoms with Gasteiger partial charge in [-0.25, -0.2) is 0 Å². The predicted molar refractivity (Wildman–Crippen MR) is 86.5 cm³/mol. The van der Waals surface area contributed by atoms with Gasteiger partial charge >= 0.3 is 0 Å². The molecular weight excluding hydrogens is 234 g/mol. The van der Waals surface area contributed by atoms with Gasteiger partial charge in [-0.05, 0) is 19.4 Å². The van der Waals surface area contributed by atoms with E-state index in [0.717, 1.165) is 11.9 Å². The van der Waals surface area contributed by atoms with E-state index in [2.05, 4.69) is 18.2 Å². The monoisotopic (exact) mass is 259 g/mol. The molecule has 19 heavy (non-hydrogen) atoms. The van der Waals surface area contributed by atoms with Crippen molar-refractivity contribution in [1.29, 1.82) is 0 Å². The molecule has 0 aromatic rings. The zero-order chi connectivity index (χ0) is 15.1. The summed E-state index contributed by atoms with van der Waals surface area (Å²) in [5, 5.41) is 0. The number of allylic oxidation sites excluding steroid dienone is 7. The van der Waals surface area contributed by atoms with Crippen LogP contribution in [-0.4, -0.2) is 12.0 Å². The molecule has 0 aliphatic heterocycles. The van der Waals surface area contributed by atoms with Crippen LogP contribution in [0.2, 0.25) is 0 Å². The summed E-state index contributed by atoms with van der Waals surface area (Å²) in [6.45, 7) is 15.0. The van der Waals surface area contributed by atoms with Gasteiger partial charge in [-0.3, -0.25) is 9.79 Å². The molecule has 0 saturated heterocycles. The smallest absolute Gasteiger partial charge is 0.151 e. The first-order valence-corrected chi connectivity index (χ1v) is 6.47. The Labute approximate surface area is 117 Å². The van der Waals surface area contributed by atoms with Crippen molar-refractivity contribution in [1.82, 2.24) is 0 Å². The first-order chi connectivity index (χ1) is 9.23. The van der Waals surface area contributed by atoms with Crippen LogP contribution in [0.4, 0.5) is 0 Å². The Kier molecular flexibility index (Phi) is 14.4. The molecule has 0 unspecified atom stereocenters. The van der Waals surface area contributed by atoms with E-state index in [9.17, 15) is 4.79 Å². The third kappa shape index (κ3) is 8.72. The van der Waals surface area contributed by atoms with Gasteiger partial charge in [0.15, 0.2) is 6.29 Å². The molecule has 0 fully saturated rings. The number of carbonyl (C=O) groups excluding carboxylic acids is 1. The molecule has 0 atom stereocenters. The molecule has 0 heterocycles. The van der Waals surface area contributed by atoms with Crippen molar-refractivity contribution in [2.24, 2.45) is 4.99 Å². The summed E-state index contributed by atoms with van der Waals surface area (Å²) < 4.78 is 0. The van der Waals surface area contributed by atoms with Crippen molar-refractivity contribution < 1.29 is 4.79 Å². The van der Waals surface area contributed by atoms with E-state index in [1.165, 1.54) is 6.20 Å². The fourth-order valence-electron chi connectivity index (χ4n) is 1.37. The lowest BCUT2D eigenvalue weighted by Gasteiger charge is -2.05. The van der Waals surface area contributed by atoms with E-state index in [1.807, 2.05) is 45.9 Å². The molecule has 0 radical (unpaired) electrons. The van der Waals surface area contributed by atoms with E-state index in [0.29, 0.717) is 17.7 Å². The summed E-state index contributed by atoms with van der Waals surface area (Å²) in [4.78, 5) is 15.1. The summed E-state index contributed by atoms with van der Waals surface area (Å²) in [5.74, 6) is 0. The number of hydrogen-bond acceptors (Lipinski definition) is 2. The predicted octanol–water partition coefficient (Wildman–Crippen LogP) is 4.82. The second-order valence-electron chi connectivity index (χ2n) is 3.27. The van der Waals surface area contributed by atoms with Gasteiger partial charge in [0.25, 0.3) is 0 Å². The third-order valence-electron chi connectivity index (χ3n) is 2.10. The fraction of sp³-hybridized carbons (Fsp3) is 0.294. The topological polar surface area (TPSA) is 29.4 Å². The van der Waals surface area contributed by atoms with Crippen molar-refractivity contribution in [2.75, 3.05) is 0 Å². The molecule has 0 amide bonds. The van der Waals surface area contributed by atoms with Crippen LogP contribution in [0.5, 0.6) is 0 Å². The van der Waals surface area contributed by atoms with Crippen LogP contribution in [0.3, 0.4) is 0 Å². The Balaban J connectivity index is 0. The Morgan fingerprint density at radius 2 is 1.84 bits per heavy atom. The molecule has 2 nitrogen and oxygen atoms in total. The van der Waals surface area contributed by atoms with E-state index < -0.39 is 0 Å². The highest BCUT2D eigenvalue weighted by Gasteiger charge is 2.06. The minimum absolute atomic E-state index is 0.584. The summed E-state index contributed by atoms with van der Waals surface area (Å²) in [7, 11) is 0. The van der Waals surface area contributed by atoms with Crippen LogP contribution < -0.4 is 0 Å². The van der Waals surface area contributed by atoms with Gasteiger partial charge in [0.05, 0.1) is 5.71 Å². The van der Waals surface area contributed by atoms with Gasteiger partial charge in [-0.15, -0.1) is 0 Å². The average molecular weight is 259 g/mol. The lowest BCUT2D eigenvalue weighted by atomic mass is 10.0. The van der Waals surface area contributed by atoms with E-state index in [4.69, 9.17) is 0 Å². The van der Waals surface area contributed by atoms with Gasteiger partial charge < -0.3 is 0 Å². The summed E-state index contributed by atoms with van der Waals surface area (Å²) in [5.41, 5.74) is 2.34. The first kappa shape index (κ1) is 19.4. The molecule has 0 aliphatic carbocycles. The zero-order valence-corrected chi connectivity index (χ0v) is 12.5. The lowest BCUT2D eigenvalue weighted by molar-refractivity contribution is -0.104. The number of aldehydes is 1. The summed E-state index contributed by atoms with van der Waals surface area (Å²) in [6.07, 6.45) is 12.1. The molecule has 0 bridgehead atoms. The van der Waals surface area contributed by atoms with E-state index >= 15 is 0 Å². The molecule has 0 aromatic heterocycles. The SMILES string of the molecule is C=C/C=C(\C=C/C)CC(=NC=C)/C(C=O)=C\C.CC. The third-order valence-corrected chi connectivity index (χ3v) is 2.10. The van der Waals surface area contributed by atoms with Crippen molar-refractivity contribution >= 4 is 12.0 Å². The van der Waals surface area contributed by atoms with Gasteiger partial charge in [-0.1, -0.05) is 57.4 Å². The summed E-state index contributed by atoms with van der Waals surface area (Å²) in [6, 6.07) is 0. The highest BCUT2D eigenvalue weighted by atomic mass is 16.1. The molecule has 0 aromatic carbocycles. The van der Waals surface area contributed by atoms with Crippen LogP contribution in [-0.2, 0) is 4.79 Å². The second kappa shape index (κ2) is 14.1. The highest BCUT2D eigenvalue weighted by molar-refractivity contribution is 6.15. The molecule has 0 saturated carbocycles. The van der Waals surface area contributed by atoms with Crippen LogP contribution in [0.15, 0.2) is 65.9 Å².